The van der Waals surface area contributed by atoms with Crippen LogP contribution in [0.2, 0.25) is 10.0 Å². The molecule has 0 N–H and O–H groups in total. The van der Waals surface area contributed by atoms with Crippen LogP contribution in [0.3, 0.4) is 0 Å². The zero-order valence-corrected chi connectivity index (χ0v) is 10.9. The fourth-order valence-electron chi connectivity index (χ4n) is 1.81. The van der Waals surface area contributed by atoms with Crippen LogP contribution in [-0.2, 0) is 9.47 Å². The highest BCUT2D eigenvalue weighted by molar-refractivity contribution is 6.42. The van der Waals surface area contributed by atoms with Crippen molar-refractivity contribution in [3.63, 3.8) is 0 Å². The van der Waals surface area contributed by atoms with E-state index in [2.05, 4.69) is 0 Å². The average molecular weight is 285 g/mol. The minimum Gasteiger partial charge on any atom is -0.456 e. The second-order valence-corrected chi connectivity index (χ2v) is 4.72. The van der Waals surface area contributed by atoms with Crippen LogP contribution in [0.25, 0.3) is 11.3 Å². The monoisotopic (exact) mass is 284 g/mol. The molecule has 0 unspecified atom stereocenters. The van der Waals surface area contributed by atoms with Crippen LogP contribution in [0.15, 0.2) is 34.7 Å². The van der Waals surface area contributed by atoms with Crippen molar-refractivity contribution in [3.05, 3.63) is 46.1 Å². The van der Waals surface area contributed by atoms with E-state index in [0.29, 0.717) is 34.8 Å². The van der Waals surface area contributed by atoms with E-state index in [1.54, 1.807) is 12.1 Å². The zero-order valence-electron chi connectivity index (χ0n) is 9.36. The van der Waals surface area contributed by atoms with E-state index in [-0.39, 0.29) is 0 Å². The molecule has 0 spiro atoms. The van der Waals surface area contributed by atoms with Gasteiger partial charge in [-0.2, -0.15) is 0 Å². The molecule has 0 saturated carbocycles. The van der Waals surface area contributed by atoms with Crippen LogP contribution in [0.1, 0.15) is 12.1 Å². The summed E-state index contributed by atoms with van der Waals surface area (Å²) in [5.74, 6) is 1.37. The van der Waals surface area contributed by atoms with Crippen molar-refractivity contribution in [3.8, 4) is 11.3 Å². The number of benzene rings is 1. The molecule has 5 heteroatoms. The number of halogens is 2. The molecule has 1 saturated heterocycles. The molecule has 18 heavy (non-hydrogen) atoms. The Hall–Kier alpha value is -1.00. The molecule has 0 bridgehead atoms. The zero-order chi connectivity index (χ0) is 12.5. The fourth-order valence-corrected chi connectivity index (χ4v) is 2.10. The Morgan fingerprint density at radius 3 is 2.44 bits per heavy atom. The number of rotatable bonds is 2. The van der Waals surface area contributed by atoms with Crippen molar-refractivity contribution >= 4 is 23.2 Å². The van der Waals surface area contributed by atoms with E-state index in [0.717, 1.165) is 5.56 Å². The molecule has 1 aromatic heterocycles. The van der Waals surface area contributed by atoms with Gasteiger partial charge in [-0.1, -0.05) is 23.2 Å². The standard InChI is InChI=1S/C13H10Cl2O3/c14-9-2-1-8(7-10(9)15)11-3-4-12(18-11)13-16-5-6-17-13/h1-4,7,13H,5-6H2. The van der Waals surface area contributed by atoms with Gasteiger partial charge in [-0.25, -0.2) is 0 Å². The Kier molecular flexibility index (Phi) is 3.31. The number of hydrogen-bond acceptors (Lipinski definition) is 3. The van der Waals surface area contributed by atoms with Gasteiger partial charge in [0.1, 0.15) is 5.76 Å². The van der Waals surface area contributed by atoms with E-state index < -0.39 is 6.29 Å². The second kappa shape index (κ2) is 4.94. The summed E-state index contributed by atoms with van der Waals surface area (Å²) in [6.45, 7) is 1.18. The van der Waals surface area contributed by atoms with Crippen molar-refractivity contribution in [2.24, 2.45) is 0 Å². The Morgan fingerprint density at radius 2 is 1.72 bits per heavy atom. The molecule has 1 aliphatic heterocycles. The van der Waals surface area contributed by atoms with Crippen LogP contribution in [-0.4, -0.2) is 13.2 Å². The van der Waals surface area contributed by atoms with E-state index >= 15 is 0 Å². The lowest BCUT2D eigenvalue weighted by Crippen LogP contribution is -1.94. The molecule has 2 heterocycles. The van der Waals surface area contributed by atoms with E-state index in [1.807, 2.05) is 18.2 Å². The van der Waals surface area contributed by atoms with Gasteiger partial charge in [-0.05, 0) is 30.3 Å². The highest BCUT2D eigenvalue weighted by atomic mass is 35.5. The van der Waals surface area contributed by atoms with Gasteiger partial charge in [0, 0.05) is 5.56 Å². The minimum absolute atomic E-state index is 0.401. The van der Waals surface area contributed by atoms with Crippen LogP contribution >= 0.6 is 23.2 Å². The van der Waals surface area contributed by atoms with Crippen molar-refractivity contribution < 1.29 is 13.9 Å². The van der Waals surface area contributed by atoms with Gasteiger partial charge in [-0.3, -0.25) is 0 Å². The molecular formula is C13H10Cl2O3. The summed E-state index contributed by atoms with van der Waals surface area (Å²) in [6, 6.07) is 9.06. The van der Waals surface area contributed by atoms with Gasteiger partial charge in [0.15, 0.2) is 5.76 Å². The maximum atomic E-state index is 5.97. The van der Waals surface area contributed by atoms with Gasteiger partial charge in [-0.15, -0.1) is 0 Å². The number of ether oxygens (including phenoxy) is 2. The second-order valence-electron chi connectivity index (χ2n) is 3.90. The smallest absolute Gasteiger partial charge is 0.217 e. The molecule has 1 aromatic carbocycles. The highest BCUT2D eigenvalue weighted by Crippen LogP contribution is 2.32. The summed E-state index contributed by atoms with van der Waals surface area (Å²) in [5, 5.41) is 1.02. The van der Waals surface area contributed by atoms with E-state index in [9.17, 15) is 0 Å². The van der Waals surface area contributed by atoms with Crippen molar-refractivity contribution in [1.82, 2.24) is 0 Å². The molecule has 1 aliphatic rings. The van der Waals surface area contributed by atoms with Gasteiger partial charge < -0.3 is 13.9 Å². The number of hydrogen-bond donors (Lipinski definition) is 0. The van der Waals surface area contributed by atoms with Gasteiger partial charge in [0.2, 0.25) is 6.29 Å². The normalized spacial score (nSPS) is 16.3. The molecular weight excluding hydrogens is 275 g/mol. The quantitative estimate of drug-likeness (QED) is 0.824. The lowest BCUT2D eigenvalue weighted by molar-refractivity contribution is -0.0585. The lowest BCUT2D eigenvalue weighted by atomic mass is 10.2. The fraction of sp³-hybridized carbons (Fsp3) is 0.231. The topological polar surface area (TPSA) is 31.6 Å². The Labute approximate surface area is 114 Å². The summed E-state index contributed by atoms with van der Waals surface area (Å²) >= 11 is 11.8. The Morgan fingerprint density at radius 1 is 0.944 bits per heavy atom. The molecule has 0 amide bonds. The molecule has 0 radical (unpaired) electrons. The Bertz CT molecular complexity index is 559. The van der Waals surface area contributed by atoms with E-state index in [4.69, 9.17) is 37.1 Å². The first-order valence-corrected chi connectivity index (χ1v) is 6.28. The molecule has 1 fully saturated rings. The van der Waals surface area contributed by atoms with Crippen LogP contribution in [0.4, 0.5) is 0 Å². The van der Waals surface area contributed by atoms with Gasteiger partial charge in [0.05, 0.1) is 23.3 Å². The highest BCUT2D eigenvalue weighted by Gasteiger charge is 2.22. The summed E-state index contributed by atoms with van der Waals surface area (Å²) in [6.07, 6.45) is -0.401. The molecule has 2 aromatic rings. The van der Waals surface area contributed by atoms with Crippen molar-refractivity contribution in [1.29, 1.82) is 0 Å². The molecule has 3 nitrogen and oxygen atoms in total. The summed E-state index contributed by atoms with van der Waals surface area (Å²) < 4.78 is 16.4. The van der Waals surface area contributed by atoms with Crippen LogP contribution < -0.4 is 0 Å². The van der Waals surface area contributed by atoms with E-state index in [1.165, 1.54) is 0 Å². The largest absolute Gasteiger partial charge is 0.456 e. The predicted octanol–water partition coefficient (Wildman–Crippen LogP) is 4.30. The third-order valence-corrected chi connectivity index (χ3v) is 3.42. The maximum absolute atomic E-state index is 5.97. The first-order valence-electron chi connectivity index (χ1n) is 5.52. The summed E-state index contributed by atoms with van der Waals surface area (Å²) in [5.41, 5.74) is 0.869. The molecule has 0 aliphatic carbocycles. The Balaban J connectivity index is 1.89. The van der Waals surface area contributed by atoms with Crippen molar-refractivity contribution in [2.75, 3.05) is 13.2 Å². The molecule has 94 valence electrons. The number of furan rings is 1. The van der Waals surface area contributed by atoms with Gasteiger partial charge in [0.25, 0.3) is 0 Å². The predicted molar refractivity (Wildman–Crippen MR) is 68.8 cm³/mol. The molecule has 0 atom stereocenters. The first-order chi connectivity index (χ1) is 8.74. The van der Waals surface area contributed by atoms with Crippen LogP contribution in [0.5, 0.6) is 0 Å². The van der Waals surface area contributed by atoms with Gasteiger partial charge >= 0.3 is 0 Å². The lowest BCUT2D eigenvalue weighted by Gasteiger charge is -2.04. The molecule has 3 rings (SSSR count). The first kappa shape index (κ1) is 12.1. The SMILES string of the molecule is Clc1ccc(-c2ccc(C3OCCO3)o2)cc1Cl. The summed E-state index contributed by atoms with van der Waals surface area (Å²) in [7, 11) is 0. The third-order valence-electron chi connectivity index (χ3n) is 2.68. The van der Waals surface area contributed by atoms with Crippen LogP contribution in [0, 0.1) is 0 Å². The third kappa shape index (κ3) is 2.27. The average Bonchev–Trinajstić information content (AvgIpc) is 3.01. The summed E-state index contributed by atoms with van der Waals surface area (Å²) in [4.78, 5) is 0. The minimum atomic E-state index is -0.401. The maximum Gasteiger partial charge on any atom is 0.217 e. The van der Waals surface area contributed by atoms with Crippen molar-refractivity contribution in [2.45, 2.75) is 6.29 Å².